The van der Waals surface area contributed by atoms with Crippen LogP contribution in [0.15, 0.2) is 29.4 Å². The van der Waals surface area contributed by atoms with Crippen LogP contribution in [0.3, 0.4) is 0 Å². The highest BCUT2D eigenvalue weighted by atomic mass is 16.5. The number of methoxy groups -OCH3 is 1. The molecule has 1 N–H and O–H groups in total. The molecule has 1 heterocycles. The van der Waals surface area contributed by atoms with E-state index in [1.165, 1.54) is 7.11 Å². The van der Waals surface area contributed by atoms with Crippen LogP contribution < -0.4 is 4.90 Å². The van der Waals surface area contributed by atoms with Gasteiger partial charge in [0.05, 0.1) is 11.4 Å². The van der Waals surface area contributed by atoms with Crippen LogP contribution in [0, 0.1) is 0 Å². The molecule has 5 heteroatoms. The summed E-state index contributed by atoms with van der Waals surface area (Å²) >= 11 is 0. The van der Waals surface area contributed by atoms with Crippen molar-refractivity contribution in [3.8, 4) is 0 Å². The van der Waals surface area contributed by atoms with Gasteiger partial charge in [0.15, 0.2) is 0 Å². The van der Waals surface area contributed by atoms with Crippen LogP contribution in [0.1, 0.15) is 12.0 Å². The van der Waals surface area contributed by atoms with Crippen LogP contribution in [-0.2, 0) is 9.53 Å². The fourth-order valence-electron chi connectivity index (χ4n) is 1.99. The first kappa shape index (κ1) is 11.6. The maximum absolute atomic E-state index is 11.9. The summed E-state index contributed by atoms with van der Waals surface area (Å²) < 4.78 is 4.85. The summed E-state index contributed by atoms with van der Waals surface area (Å²) in [4.78, 5) is 13.5. The van der Waals surface area contributed by atoms with Gasteiger partial charge in [0.2, 0.25) is 0 Å². The number of carbonyl (C=O) groups is 1. The molecular formula is C12H14N2O3. The predicted octanol–water partition coefficient (Wildman–Crippen LogP) is 1.25. The Morgan fingerprint density at radius 2 is 2.29 bits per heavy atom. The monoisotopic (exact) mass is 234 g/mol. The average molecular weight is 234 g/mol. The Labute approximate surface area is 99.3 Å². The van der Waals surface area contributed by atoms with Gasteiger partial charge in [-0.05, 0) is 6.07 Å². The first-order chi connectivity index (χ1) is 8.27. The van der Waals surface area contributed by atoms with Gasteiger partial charge >= 0.3 is 0 Å². The summed E-state index contributed by atoms with van der Waals surface area (Å²) in [6, 6.07) is 7.39. The van der Waals surface area contributed by atoms with Gasteiger partial charge in [-0.2, -0.15) is 0 Å². The largest absolute Gasteiger partial charge is 0.411 e. The third-order valence-corrected chi connectivity index (χ3v) is 2.77. The number of hydrogen-bond acceptors (Lipinski definition) is 4. The fourth-order valence-corrected chi connectivity index (χ4v) is 1.99. The lowest BCUT2D eigenvalue weighted by molar-refractivity contribution is -0.122. The molecule has 90 valence electrons. The molecule has 0 bridgehead atoms. The molecule has 0 saturated heterocycles. The minimum absolute atomic E-state index is 0.0555. The van der Waals surface area contributed by atoms with E-state index >= 15 is 0 Å². The molecule has 1 aliphatic heterocycles. The van der Waals surface area contributed by atoms with E-state index in [1.54, 1.807) is 4.90 Å². The second-order valence-corrected chi connectivity index (χ2v) is 3.79. The quantitative estimate of drug-likeness (QED) is 0.618. The maximum Gasteiger partial charge on any atom is 0.252 e. The molecule has 1 aromatic rings. The number of benzene rings is 1. The van der Waals surface area contributed by atoms with Crippen molar-refractivity contribution in [1.82, 2.24) is 0 Å². The zero-order chi connectivity index (χ0) is 12.3. The summed E-state index contributed by atoms with van der Waals surface area (Å²) in [6.45, 7) is 0.568. The average Bonchev–Trinajstić information content (AvgIpc) is 2.37. The Kier molecular flexibility index (Phi) is 3.39. The molecule has 2 rings (SSSR count). The van der Waals surface area contributed by atoms with Crippen molar-refractivity contribution < 1.29 is 14.7 Å². The molecular weight excluding hydrogens is 220 g/mol. The summed E-state index contributed by atoms with van der Waals surface area (Å²) in [7, 11) is 1.49. The molecule has 0 radical (unpaired) electrons. The molecule has 0 aliphatic carbocycles. The highest BCUT2D eigenvalue weighted by molar-refractivity contribution is 6.11. The molecule has 1 aromatic carbocycles. The van der Waals surface area contributed by atoms with Gasteiger partial charge in [-0.15, -0.1) is 0 Å². The van der Waals surface area contributed by atoms with E-state index in [4.69, 9.17) is 9.94 Å². The van der Waals surface area contributed by atoms with E-state index in [2.05, 4.69) is 5.16 Å². The molecule has 1 aliphatic rings. The minimum Gasteiger partial charge on any atom is -0.411 e. The van der Waals surface area contributed by atoms with Gasteiger partial charge in [-0.3, -0.25) is 4.79 Å². The SMILES string of the molecule is COCC(=O)N1CCC(=NO)c2ccccc21. The lowest BCUT2D eigenvalue weighted by Crippen LogP contribution is -2.39. The van der Waals surface area contributed by atoms with Crippen molar-refractivity contribution in [2.45, 2.75) is 6.42 Å². The highest BCUT2D eigenvalue weighted by Crippen LogP contribution is 2.27. The Morgan fingerprint density at radius 3 is 3.00 bits per heavy atom. The molecule has 0 aromatic heterocycles. The van der Waals surface area contributed by atoms with Crippen molar-refractivity contribution >= 4 is 17.3 Å². The van der Waals surface area contributed by atoms with Crippen LogP contribution >= 0.6 is 0 Å². The van der Waals surface area contributed by atoms with Gasteiger partial charge in [0, 0.05) is 25.6 Å². The lowest BCUT2D eigenvalue weighted by Gasteiger charge is -2.29. The Hall–Kier alpha value is -1.88. The summed E-state index contributed by atoms with van der Waals surface area (Å²) in [5.41, 5.74) is 2.18. The van der Waals surface area contributed by atoms with E-state index in [1.807, 2.05) is 24.3 Å². The molecule has 0 spiro atoms. The van der Waals surface area contributed by atoms with Gasteiger partial charge < -0.3 is 14.8 Å². The van der Waals surface area contributed by atoms with Gasteiger partial charge in [-0.25, -0.2) is 0 Å². The number of para-hydroxylation sites is 1. The van der Waals surface area contributed by atoms with Crippen LogP contribution in [0.5, 0.6) is 0 Å². The Morgan fingerprint density at radius 1 is 1.53 bits per heavy atom. The Balaban J connectivity index is 2.38. The Bertz CT molecular complexity index is 457. The zero-order valence-electron chi connectivity index (χ0n) is 9.59. The molecule has 1 amide bonds. The van der Waals surface area contributed by atoms with E-state index < -0.39 is 0 Å². The van der Waals surface area contributed by atoms with Crippen LogP contribution in [0.4, 0.5) is 5.69 Å². The molecule has 0 saturated carbocycles. The topological polar surface area (TPSA) is 62.1 Å². The predicted molar refractivity (Wildman–Crippen MR) is 63.6 cm³/mol. The maximum atomic E-state index is 11.9. The minimum atomic E-state index is -0.0862. The van der Waals surface area contributed by atoms with Crippen molar-refractivity contribution in [1.29, 1.82) is 0 Å². The number of anilines is 1. The zero-order valence-corrected chi connectivity index (χ0v) is 9.59. The van der Waals surface area contributed by atoms with Gasteiger partial charge in [0.1, 0.15) is 6.61 Å². The molecule has 17 heavy (non-hydrogen) atoms. The standard InChI is InChI=1S/C12H14N2O3/c1-17-8-12(15)14-7-6-10(13-16)9-4-2-3-5-11(9)14/h2-5,16H,6-8H2,1H3. The molecule has 0 atom stereocenters. The first-order valence-corrected chi connectivity index (χ1v) is 5.37. The van der Waals surface area contributed by atoms with Crippen LogP contribution in [0.2, 0.25) is 0 Å². The van der Waals surface area contributed by atoms with E-state index in [0.717, 1.165) is 11.3 Å². The summed E-state index contributed by atoms with van der Waals surface area (Å²) in [5.74, 6) is -0.0862. The number of oxime groups is 1. The molecule has 0 fully saturated rings. The lowest BCUT2D eigenvalue weighted by atomic mass is 9.99. The van der Waals surface area contributed by atoms with Gasteiger partial charge in [0.25, 0.3) is 5.91 Å². The number of amides is 1. The fraction of sp³-hybridized carbons (Fsp3) is 0.333. The van der Waals surface area contributed by atoms with Crippen molar-refractivity contribution in [2.75, 3.05) is 25.2 Å². The second-order valence-electron chi connectivity index (χ2n) is 3.79. The molecule has 5 nitrogen and oxygen atoms in total. The van der Waals surface area contributed by atoms with Crippen molar-refractivity contribution in [3.05, 3.63) is 29.8 Å². The number of rotatable bonds is 2. The van der Waals surface area contributed by atoms with E-state index in [-0.39, 0.29) is 12.5 Å². The number of carbonyl (C=O) groups excluding carboxylic acids is 1. The molecule has 0 unspecified atom stereocenters. The van der Waals surface area contributed by atoms with Crippen molar-refractivity contribution in [2.24, 2.45) is 5.16 Å². The van der Waals surface area contributed by atoms with E-state index in [9.17, 15) is 4.79 Å². The normalized spacial score (nSPS) is 17.0. The van der Waals surface area contributed by atoms with Gasteiger partial charge in [-0.1, -0.05) is 23.4 Å². The van der Waals surface area contributed by atoms with Crippen molar-refractivity contribution in [3.63, 3.8) is 0 Å². The smallest absolute Gasteiger partial charge is 0.252 e. The second kappa shape index (κ2) is 4.97. The number of hydrogen-bond donors (Lipinski definition) is 1. The van der Waals surface area contributed by atoms with E-state index in [0.29, 0.717) is 18.7 Å². The van der Waals surface area contributed by atoms with Crippen LogP contribution in [-0.4, -0.2) is 37.1 Å². The van der Waals surface area contributed by atoms with Crippen LogP contribution in [0.25, 0.3) is 0 Å². The number of fused-ring (bicyclic) bond motifs is 1. The first-order valence-electron chi connectivity index (χ1n) is 5.37. The summed E-state index contributed by atoms with van der Waals surface area (Å²) in [5, 5.41) is 12.2. The third kappa shape index (κ3) is 2.14. The third-order valence-electron chi connectivity index (χ3n) is 2.77. The highest BCUT2D eigenvalue weighted by Gasteiger charge is 2.25. The number of ether oxygens (including phenoxy) is 1. The number of nitrogens with zero attached hydrogens (tertiary/aromatic N) is 2. The summed E-state index contributed by atoms with van der Waals surface area (Å²) in [6.07, 6.45) is 0.545.